The third-order valence-electron chi connectivity index (χ3n) is 11.4. The summed E-state index contributed by atoms with van der Waals surface area (Å²) < 4.78 is 0. The van der Waals surface area contributed by atoms with E-state index in [-0.39, 0.29) is 5.41 Å². The fourth-order valence-electron chi connectivity index (χ4n) is 8.35. The Labute approximate surface area is 332 Å². The molecule has 0 amide bonds. The highest BCUT2D eigenvalue weighted by Crippen LogP contribution is 2.50. The van der Waals surface area contributed by atoms with Crippen molar-refractivity contribution in [2.24, 2.45) is 0 Å². The maximum absolute atomic E-state index is 9.71. The number of nitriles is 1. The Morgan fingerprint density at radius 2 is 1.02 bits per heavy atom. The van der Waals surface area contributed by atoms with Crippen molar-refractivity contribution in [3.8, 4) is 84.5 Å². The zero-order valence-corrected chi connectivity index (χ0v) is 31.6. The van der Waals surface area contributed by atoms with Crippen LogP contribution < -0.4 is 0 Å². The molecule has 0 bridgehead atoms. The van der Waals surface area contributed by atoms with Gasteiger partial charge in [-0.1, -0.05) is 141 Å². The molecule has 0 saturated carbocycles. The molecule has 0 radical (unpaired) electrons. The van der Waals surface area contributed by atoms with Gasteiger partial charge in [0.2, 0.25) is 0 Å². The van der Waals surface area contributed by atoms with Gasteiger partial charge >= 0.3 is 0 Å². The summed E-state index contributed by atoms with van der Waals surface area (Å²) in [5.74, 6) is 0.669. The van der Waals surface area contributed by atoms with E-state index >= 15 is 0 Å². The summed E-state index contributed by atoms with van der Waals surface area (Å²) in [6.45, 7) is 4.51. The lowest BCUT2D eigenvalue weighted by atomic mass is 9.81. The van der Waals surface area contributed by atoms with Crippen molar-refractivity contribution >= 4 is 10.8 Å². The van der Waals surface area contributed by atoms with Crippen LogP contribution in [-0.2, 0) is 5.41 Å². The van der Waals surface area contributed by atoms with Crippen LogP contribution in [0, 0.1) is 11.3 Å². The van der Waals surface area contributed by atoms with Crippen molar-refractivity contribution in [1.82, 2.24) is 15.0 Å². The Kier molecular flexibility index (Phi) is 8.17. The van der Waals surface area contributed by atoms with Crippen LogP contribution in [0.5, 0.6) is 0 Å². The van der Waals surface area contributed by atoms with E-state index in [1.54, 1.807) is 0 Å². The quantitative estimate of drug-likeness (QED) is 0.171. The molecular weight excluding hydrogens is 693 g/mol. The number of benzene rings is 7. The van der Waals surface area contributed by atoms with Crippen LogP contribution >= 0.6 is 0 Å². The lowest BCUT2D eigenvalue weighted by Crippen LogP contribution is -2.15. The molecule has 2 aromatic heterocycles. The van der Waals surface area contributed by atoms with Crippen molar-refractivity contribution < 1.29 is 0 Å². The molecule has 0 N–H and O–H groups in total. The standard InChI is InChI=1S/C53H36N4/c1-53(2)48-25-34(31-54)17-23-45(48)46-24-22-39(29-49(46)53)41-26-42(47-33-55-32-40-15-9-10-16-44(40)47)28-43(27-41)51-30-50(56-52(57-51)38-13-7-4-8-14-38)37-20-18-36(19-21-37)35-11-5-3-6-12-35/h3-30,32-33H,1-2H3. The summed E-state index contributed by atoms with van der Waals surface area (Å²) in [6.07, 6.45) is 3.89. The van der Waals surface area contributed by atoms with Crippen molar-refractivity contribution in [3.63, 3.8) is 0 Å². The summed E-state index contributed by atoms with van der Waals surface area (Å²) in [5, 5.41) is 11.9. The summed E-state index contributed by atoms with van der Waals surface area (Å²) in [5.41, 5.74) is 16.5. The van der Waals surface area contributed by atoms with E-state index in [1.807, 2.05) is 48.8 Å². The molecule has 0 saturated heterocycles. The molecule has 10 rings (SSSR count). The number of nitrogens with zero attached hydrogens (tertiary/aromatic N) is 4. The Bertz CT molecular complexity index is 3030. The summed E-state index contributed by atoms with van der Waals surface area (Å²) in [4.78, 5) is 15.1. The SMILES string of the molecule is CC1(C)c2cc(C#N)ccc2-c2ccc(-c3cc(-c4cc(-c5ccc(-c6ccccc6)cc5)nc(-c5ccccc5)n4)cc(-c4cncc5ccccc45)c3)cc21. The molecule has 7 aromatic carbocycles. The van der Waals surface area contributed by atoms with Crippen LogP contribution in [0.15, 0.2) is 182 Å². The topological polar surface area (TPSA) is 62.5 Å². The molecule has 57 heavy (non-hydrogen) atoms. The molecule has 0 spiro atoms. The summed E-state index contributed by atoms with van der Waals surface area (Å²) in [6, 6.07) is 61.8. The highest BCUT2D eigenvalue weighted by molar-refractivity contribution is 5.97. The van der Waals surface area contributed by atoms with Crippen molar-refractivity contribution in [2.75, 3.05) is 0 Å². The lowest BCUT2D eigenvalue weighted by molar-refractivity contribution is 0.660. The van der Waals surface area contributed by atoms with E-state index in [0.29, 0.717) is 11.4 Å². The van der Waals surface area contributed by atoms with Gasteiger partial charge in [0, 0.05) is 45.4 Å². The molecule has 0 atom stereocenters. The van der Waals surface area contributed by atoms with Gasteiger partial charge in [0.25, 0.3) is 0 Å². The number of rotatable bonds is 6. The van der Waals surface area contributed by atoms with Crippen LogP contribution in [0.1, 0.15) is 30.5 Å². The van der Waals surface area contributed by atoms with Crippen LogP contribution in [0.25, 0.3) is 89.2 Å². The fourth-order valence-corrected chi connectivity index (χ4v) is 8.35. The number of hydrogen-bond acceptors (Lipinski definition) is 4. The van der Waals surface area contributed by atoms with E-state index in [1.165, 1.54) is 27.8 Å². The van der Waals surface area contributed by atoms with Gasteiger partial charge < -0.3 is 0 Å². The minimum absolute atomic E-state index is 0.268. The normalized spacial score (nSPS) is 12.5. The predicted octanol–water partition coefficient (Wildman–Crippen LogP) is 13.2. The molecule has 0 unspecified atom stereocenters. The highest BCUT2D eigenvalue weighted by Gasteiger charge is 2.36. The lowest BCUT2D eigenvalue weighted by Gasteiger charge is -2.22. The largest absolute Gasteiger partial charge is 0.263 e. The minimum atomic E-state index is -0.268. The van der Waals surface area contributed by atoms with Gasteiger partial charge in [-0.15, -0.1) is 0 Å². The minimum Gasteiger partial charge on any atom is -0.263 e. The average Bonchev–Trinajstić information content (AvgIpc) is 3.51. The first-order chi connectivity index (χ1) is 27.9. The third kappa shape index (κ3) is 6.07. The summed E-state index contributed by atoms with van der Waals surface area (Å²) in [7, 11) is 0. The molecule has 1 aliphatic carbocycles. The highest BCUT2D eigenvalue weighted by atomic mass is 14.9. The number of fused-ring (bicyclic) bond motifs is 4. The van der Waals surface area contributed by atoms with Gasteiger partial charge in [-0.2, -0.15) is 5.26 Å². The van der Waals surface area contributed by atoms with Gasteiger partial charge in [0.05, 0.1) is 23.0 Å². The van der Waals surface area contributed by atoms with Crippen LogP contribution in [0.4, 0.5) is 0 Å². The summed E-state index contributed by atoms with van der Waals surface area (Å²) >= 11 is 0. The maximum atomic E-state index is 9.71. The molecule has 0 fully saturated rings. The first kappa shape index (κ1) is 34.0. The van der Waals surface area contributed by atoms with Gasteiger partial charge in [0.1, 0.15) is 0 Å². The second-order valence-electron chi connectivity index (χ2n) is 15.2. The Morgan fingerprint density at radius 3 is 1.77 bits per heavy atom. The molecule has 0 aliphatic heterocycles. The van der Waals surface area contributed by atoms with E-state index in [2.05, 4.69) is 158 Å². The molecule has 268 valence electrons. The zero-order chi connectivity index (χ0) is 38.5. The van der Waals surface area contributed by atoms with Crippen LogP contribution in [-0.4, -0.2) is 15.0 Å². The number of pyridine rings is 1. The molecule has 4 heteroatoms. The van der Waals surface area contributed by atoms with Crippen molar-refractivity contribution in [1.29, 1.82) is 5.26 Å². The van der Waals surface area contributed by atoms with Crippen LogP contribution in [0.3, 0.4) is 0 Å². The predicted molar refractivity (Wildman–Crippen MR) is 232 cm³/mol. The molecule has 1 aliphatic rings. The Balaban J connectivity index is 1.17. The van der Waals surface area contributed by atoms with E-state index < -0.39 is 0 Å². The van der Waals surface area contributed by atoms with Gasteiger partial charge in [-0.05, 0) is 97.9 Å². The molecular formula is C53H36N4. The van der Waals surface area contributed by atoms with E-state index in [4.69, 9.17) is 9.97 Å². The second-order valence-corrected chi connectivity index (χ2v) is 15.2. The molecule has 9 aromatic rings. The Morgan fingerprint density at radius 1 is 0.439 bits per heavy atom. The van der Waals surface area contributed by atoms with Gasteiger partial charge in [-0.3, -0.25) is 4.98 Å². The zero-order valence-electron chi connectivity index (χ0n) is 31.6. The van der Waals surface area contributed by atoms with E-state index in [9.17, 15) is 5.26 Å². The fraction of sp³-hybridized carbons (Fsp3) is 0.0566. The smallest absolute Gasteiger partial charge is 0.160 e. The number of hydrogen-bond donors (Lipinski definition) is 0. The second kappa shape index (κ2) is 13.7. The van der Waals surface area contributed by atoms with E-state index in [0.717, 1.165) is 66.7 Å². The van der Waals surface area contributed by atoms with Gasteiger partial charge in [-0.25, -0.2) is 9.97 Å². The van der Waals surface area contributed by atoms with Crippen molar-refractivity contribution in [3.05, 3.63) is 199 Å². The monoisotopic (exact) mass is 728 g/mol. The van der Waals surface area contributed by atoms with Crippen molar-refractivity contribution in [2.45, 2.75) is 19.3 Å². The molecule has 4 nitrogen and oxygen atoms in total. The first-order valence-corrected chi connectivity index (χ1v) is 19.2. The maximum Gasteiger partial charge on any atom is 0.160 e. The first-order valence-electron chi connectivity index (χ1n) is 19.2. The Hall–Kier alpha value is -7.48. The van der Waals surface area contributed by atoms with Crippen LogP contribution in [0.2, 0.25) is 0 Å². The average molecular weight is 729 g/mol. The third-order valence-corrected chi connectivity index (χ3v) is 11.4. The number of aromatic nitrogens is 3. The van der Waals surface area contributed by atoms with Gasteiger partial charge in [0.15, 0.2) is 5.82 Å². The molecule has 2 heterocycles.